The number of ether oxygens (including phenoxy) is 1. The van der Waals surface area contributed by atoms with Crippen LogP contribution >= 0.6 is 11.3 Å². The van der Waals surface area contributed by atoms with Crippen molar-refractivity contribution < 1.29 is 4.74 Å². The average Bonchev–Trinajstić information content (AvgIpc) is 2.97. The van der Waals surface area contributed by atoms with Gasteiger partial charge < -0.3 is 9.64 Å². The zero-order valence-electron chi connectivity index (χ0n) is 11.6. The number of benzene rings is 1. The Bertz CT molecular complexity index is 560. The summed E-state index contributed by atoms with van der Waals surface area (Å²) < 4.78 is 5.66. The van der Waals surface area contributed by atoms with Crippen LogP contribution < -0.4 is 4.74 Å². The fraction of sp³-hybridized carbons (Fsp3) is 0.312. The Balaban J connectivity index is 1.67. The van der Waals surface area contributed by atoms with E-state index in [1.165, 1.54) is 5.56 Å². The molecule has 0 N–H and O–H groups in total. The molecular formula is C16H18N2OS. The van der Waals surface area contributed by atoms with Crippen molar-refractivity contribution >= 4 is 11.3 Å². The third-order valence-corrected chi connectivity index (χ3v) is 3.68. The van der Waals surface area contributed by atoms with Gasteiger partial charge in [-0.3, -0.25) is 0 Å². The molecule has 0 radical (unpaired) electrons. The minimum absolute atomic E-state index is 0.636. The molecule has 1 aromatic carbocycles. The Kier molecular flexibility index (Phi) is 5.60. The molecule has 2 rings (SSSR count). The van der Waals surface area contributed by atoms with Crippen molar-refractivity contribution in [1.29, 1.82) is 5.26 Å². The minimum atomic E-state index is 0.636. The zero-order valence-corrected chi connectivity index (χ0v) is 12.4. The molecule has 0 aliphatic carbocycles. The topological polar surface area (TPSA) is 36.3 Å². The highest BCUT2D eigenvalue weighted by molar-refractivity contribution is 7.07. The van der Waals surface area contributed by atoms with Crippen LogP contribution in [0.4, 0.5) is 0 Å². The number of hydrogen-bond donors (Lipinski definition) is 0. The number of hydrogen-bond acceptors (Lipinski definition) is 4. The molecule has 4 heteroatoms. The second kappa shape index (κ2) is 7.68. The molecule has 1 heterocycles. The Hall–Kier alpha value is -1.83. The molecule has 0 fully saturated rings. The van der Waals surface area contributed by atoms with Gasteiger partial charge in [-0.15, -0.1) is 0 Å². The van der Waals surface area contributed by atoms with E-state index in [9.17, 15) is 0 Å². The molecular weight excluding hydrogens is 268 g/mol. The molecule has 0 saturated heterocycles. The third kappa shape index (κ3) is 4.69. The standard InChI is InChI=1S/C16H18N2OS/c1-18(12-15-6-9-20-13-15)7-3-8-19-16-5-2-4-14(10-16)11-17/h2,4-6,9-10,13H,3,7-8,12H2,1H3. The Morgan fingerprint density at radius 3 is 3.00 bits per heavy atom. The Labute approximate surface area is 124 Å². The van der Waals surface area contributed by atoms with E-state index in [-0.39, 0.29) is 0 Å². The van der Waals surface area contributed by atoms with Gasteiger partial charge in [0.15, 0.2) is 0 Å². The van der Waals surface area contributed by atoms with Crippen LogP contribution in [0.25, 0.3) is 0 Å². The van der Waals surface area contributed by atoms with Crippen molar-refractivity contribution in [2.24, 2.45) is 0 Å². The monoisotopic (exact) mass is 286 g/mol. The maximum absolute atomic E-state index is 8.82. The van der Waals surface area contributed by atoms with E-state index in [1.807, 2.05) is 12.1 Å². The minimum Gasteiger partial charge on any atom is -0.494 e. The molecule has 3 nitrogen and oxygen atoms in total. The highest BCUT2D eigenvalue weighted by Crippen LogP contribution is 2.13. The van der Waals surface area contributed by atoms with Crippen LogP contribution in [0.3, 0.4) is 0 Å². The molecule has 1 aromatic heterocycles. The maximum atomic E-state index is 8.82. The number of rotatable bonds is 7. The van der Waals surface area contributed by atoms with Crippen molar-refractivity contribution in [3.63, 3.8) is 0 Å². The van der Waals surface area contributed by atoms with Crippen LogP contribution in [0.2, 0.25) is 0 Å². The first-order valence-electron chi connectivity index (χ1n) is 6.60. The summed E-state index contributed by atoms with van der Waals surface area (Å²) >= 11 is 1.73. The summed E-state index contributed by atoms with van der Waals surface area (Å²) in [5.74, 6) is 0.768. The average molecular weight is 286 g/mol. The summed E-state index contributed by atoms with van der Waals surface area (Å²) in [6.07, 6.45) is 0.970. The molecule has 0 atom stereocenters. The Morgan fingerprint density at radius 1 is 1.35 bits per heavy atom. The first-order valence-corrected chi connectivity index (χ1v) is 7.55. The van der Waals surface area contributed by atoms with Crippen molar-refractivity contribution in [3.05, 3.63) is 52.2 Å². The number of thiophene rings is 1. The van der Waals surface area contributed by atoms with Crippen LogP contribution in [0.15, 0.2) is 41.1 Å². The summed E-state index contributed by atoms with van der Waals surface area (Å²) in [6, 6.07) is 11.6. The normalized spacial score (nSPS) is 10.4. The van der Waals surface area contributed by atoms with Gasteiger partial charge in [0.1, 0.15) is 5.75 Å². The van der Waals surface area contributed by atoms with E-state index in [1.54, 1.807) is 23.5 Å². The lowest BCUT2D eigenvalue weighted by Crippen LogP contribution is -2.20. The summed E-state index contributed by atoms with van der Waals surface area (Å²) in [5.41, 5.74) is 2.00. The smallest absolute Gasteiger partial charge is 0.120 e. The maximum Gasteiger partial charge on any atom is 0.120 e. The van der Waals surface area contributed by atoms with E-state index >= 15 is 0 Å². The van der Waals surface area contributed by atoms with Gasteiger partial charge in [-0.2, -0.15) is 16.6 Å². The van der Waals surface area contributed by atoms with Gasteiger partial charge in [-0.25, -0.2) is 0 Å². The number of nitrogens with zero attached hydrogens (tertiary/aromatic N) is 2. The van der Waals surface area contributed by atoms with Gasteiger partial charge in [0, 0.05) is 13.1 Å². The molecule has 0 saturated carbocycles. The fourth-order valence-corrected chi connectivity index (χ4v) is 2.61. The summed E-state index contributed by atoms with van der Waals surface area (Å²) in [6.45, 7) is 2.64. The molecule has 104 valence electrons. The van der Waals surface area contributed by atoms with Gasteiger partial charge in [-0.05, 0) is 54.1 Å². The van der Waals surface area contributed by atoms with Gasteiger partial charge in [0.05, 0.1) is 18.2 Å². The van der Waals surface area contributed by atoms with Crippen molar-refractivity contribution in [1.82, 2.24) is 4.90 Å². The van der Waals surface area contributed by atoms with E-state index in [4.69, 9.17) is 10.00 Å². The molecule has 0 amide bonds. The third-order valence-electron chi connectivity index (χ3n) is 2.95. The van der Waals surface area contributed by atoms with Crippen LogP contribution in [-0.4, -0.2) is 25.1 Å². The van der Waals surface area contributed by atoms with Crippen LogP contribution in [-0.2, 0) is 6.54 Å². The van der Waals surface area contributed by atoms with E-state index < -0.39 is 0 Å². The van der Waals surface area contributed by atoms with Gasteiger partial charge >= 0.3 is 0 Å². The first-order chi connectivity index (χ1) is 9.78. The predicted octanol–water partition coefficient (Wildman–Crippen LogP) is 3.52. The summed E-state index contributed by atoms with van der Waals surface area (Å²) in [4.78, 5) is 2.29. The molecule has 0 aliphatic rings. The number of nitriles is 1. The lowest BCUT2D eigenvalue weighted by atomic mass is 10.2. The largest absolute Gasteiger partial charge is 0.494 e. The molecule has 0 bridgehead atoms. The molecule has 0 aliphatic heterocycles. The predicted molar refractivity (Wildman–Crippen MR) is 81.9 cm³/mol. The van der Waals surface area contributed by atoms with E-state index in [0.29, 0.717) is 12.2 Å². The second-order valence-corrected chi connectivity index (χ2v) is 5.49. The summed E-state index contributed by atoms with van der Waals surface area (Å²) in [5, 5.41) is 13.1. The van der Waals surface area contributed by atoms with Crippen molar-refractivity contribution in [2.75, 3.05) is 20.2 Å². The Morgan fingerprint density at radius 2 is 2.25 bits per heavy atom. The van der Waals surface area contributed by atoms with Gasteiger partial charge in [0.2, 0.25) is 0 Å². The van der Waals surface area contributed by atoms with E-state index in [0.717, 1.165) is 25.3 Å². The first kappa shape index (κ1) is 14.6. The van der Waals surface area contributed by atoms with Crippen molar-refractivity contribution in [2.45, 2.75) is 13.0 Å². The molecule has 0 spiro atoms. The molecule has 20 heavy (non-hydrogen) atoms. The van der Waals surface area contributed by atoms with E-state index in [2.05, 4.69) is 34.8 Å². The van der Waals surface area contributed by atoms with Crippen LogP contribution in [0, 0.1) is 11.3 Å². The molecule has 0 unspecified atom stereocenters. The lowest BCUT2D eigenvalue weighted by molar-refractivity contribution is 0.259. The molecule has 2 aromatic rings. The quantitative estimate of drug-likeness (QED) is 0.731. The van der Waals surface area contributed by atoms with Crippen LogP contribution in [0.1, 0.15) is 17.5 Å². The fourth-order valence-electron chi connectivity index (χ4n) is 1.95. The highest BCUT2D eigenvalue weighted by Gasteiger charge is 2.01. The second-order valence-electron chi connectivity index (χ2n) is 4.71. The SMILES string of the molecule is CN(CCCOc1cccc(C#N)c1)Cc1ccsc1. The highest BCUT2D eigenvalue weighted by atomic mass is 32.1. The van der Waals surface area contributed by atoms with Crippen molar-refractivity contribution in [3.8, 4) is 11.8 Å². The summed E-state index contributed by atoms with van der Waals surface area (Å²) in [7, 11) is 2.12. The van der Waals surface area contributed by atoms with Crippen LogP contribution in [0.5, 0.6) is 5.75 Å². The lowest BCUT2D eigenvalue weighted by Gasteiger charge is -2.15. The zero-order chi connectivity index (χ0) is 14.2. The van der Waals surface area contributed by atoms with Gasteiger partial charge in [0.25, 0.3) is 0 Å². The van der Waals surface area contributed by atoms with Gasteiger partial charge in [-0.1, -0.05) is 6.07 Å².